The number of benzene rings is 2. The van der Waals surface area contributed by atoms with Gasteiger partial charge in [-0.2, -0.15) is 0 Å². The third kappa shape index (κ3) is 3.23. The highest BCUT2D eigenvalue weighted by atomic mass is 35.5. The first-order chi connectivity index (χ1) is 9.63. The van der Waals surface area contributed by atoms with E-state index in [1.807, 2.05) is 24.3 Å². The average Bonchev–Trinajstić information content (AvgIpc) is 2.45. The van der Waals surface area contributed by atoms with E-state index in [2.05, 4.69) is 5.32 Å². The van der Waals surface area contributed by atoms with E-state index in [4.69, 9.17) is 11.6 Å². The molecule has 2 rings (SSSR count). The molecule has 2 aromatic carbocycles. The van der Waals surface area contributed by atoms with Crippen LogP contribution in [0.25, 0.3) is 0 Å². The van der Waals surface area contributed by atoms with Crippen molar-refractivity contribution in [1.29, 1.82) is 0 Å². The van der Waals surface area contributed by atoms with Gasteiger partial charge in [-0.15, -0.1) is 11.8 Å². The van der Waals surface area contributed by atoms with E-state index in [9.17, 15) is 10.1 Å². The summed E-state index contributed by atoms with van der Waals surface area (Å²) in [6.45, 7) is 0. The van der Waals surface area contributed by atoms with Crippen molar-refractivity contribution in [2.45, 2.75) is 10.6 Å². The van der Waals surface area contributed by atoms with E-state index in [-0.39, 0.29) is 10.6 Å². The highest BCUT2D eigenvalue weighted by Gasteiger charge is 2.19. The number of para-hydroxylation sites is 1. The molecule has 6 heteroatoms. The van der Waals surface area contributed by atoms with Gasteiger partial charge in [0.1, 0.15) is 5.69 Å². The maximum Gasteiger partial charge on any atom is 0.305 e. The zero-order valence-corrected chi connectivity index (χ0v) is 12.4. The Labute approximate surface area is 126 Å². The summed E-state index contributed by atoms with van der Waals surface area (Å²) in [5, 5.41) is 14.7. The molecule has 2 aromatic rings. The molecule has 0 aliphatic heterocycles. The quantitative estimate of drug-likeness (QED) is 0.499. The Balaban J connectivity index is 2.26. The lowest BCUT2D eigenvalue weighted by molar-refractivity contribution is -0.386. The average molecular weight is 309 g/mol. The minimum Gasteiger partial charge on any atom is -0.383 e. The Morgan fingerprint density at radius 1 is 1.25 bits per heavy atom. The number of nitro benzene ring substituents is 1. The van der Waals surface area contributed by atoms with E-state index in [1.165, 1.54) is 11.8 Å². The van der Waals surface area contributed by atoms with Crippen molar-refractivity contribution in [3.8, 4) is 0 Å². The fourth-order valence-corrected chi connectivity index (χ4v) is 3.14. The SMILES string of the molecule is CNc1cccc(SCc2ccccc2Cl)c1[N+](=O)[O-]. The van der Waals surface area contributed by atoms with Crippen LogP contribution in [-0.2, 0) is 5.75 Å². The Morgan fingerprint density at radius 3 is 2.65 bits per heavy atom. The summed E-state index contributed by atoms with van der Waals surface area (Å²) >= 11 is 7.50. The number of nitrogens with zero attached hydrogens (tertiary/aromatic N) is 1. The maximum atomic E-state index is 11.2. The monoisotopic (exact) mass is 308 g/mol. The van der Waals surface area contributed by atoms with Gasteiger partial charge in [-0.3, -0.25) is 10.1 Å². The molecule has 0 spiro atoms. The Bertz CT molecular complexity index is 634. The normalized spacial score (nSPS) is 10.3. The number of nitrogens with one attached hydrogen (secondary N) is 1. The minimum atomic E-state index is -0.360. The largest absolute Gasteiger partial charge is 0.383 e. The molecule has 0 aliphatic carbocycles. The van der Waals surface area contributed by atoms with Gasteiger partial charge in [-0.05, 0) is 23.8 Å². The molecule has 1 N–H and O–H groups in total. The number of hydrogen-bond donors (Lipinski definition) is 1. The minimum absolute atomic E-state index is 0.104. The summed E-state index contributed by atoms with van der Waals surface area (Å²) in [5.74, 6) is 0.591. The van der Waals surface area contributed by atoms with Gasteiger partial charge in [0.15, 0.2) is 0 Å². The highest BCUT2D eigenvalue weighted by Crippen LogP contribution is 2.37. The van der Waals surface area contributed by atoms with Crippen molar-refractivity contribution in [2.75, 3.05) is 12.4 Å². The molecular formula is C14H13ClN2O2S. The van der Waals surface area contributed by atoms with Gasteiger partial charge in [-0.1, -0.05) is 35.9 Å². The van der Waals surface area contributed by atoms with Crippen molar-refractivity contribution >= 4 is 34.7 Å². The third-order valence-electron chi connectivity index (χ3n) is 2.79. The van der Waals surface area contributed by atoms with Crippen LogP contribution >= 0.6 is 23.4 Å². The van der Waals surface area contributed by atoms with Crippen molar-refractivity contribution in [3.05, 3.63) is 63.2 Å². The Hall–Kier alpha value is -1.72. The second-order valence-electron chi connectivity index (χ2n) is 4.04. The van der Waals surface area contributed by atoms with Crippen LogP contribution in [0.2, 0.25) is 5.02 Å². The lowest BCUT2D eigenvalue weighted by Crippen LogP contribution is -1.98. The molecule has 0 heterocycles. The van der Waals surface area contributed by atoms with Crippen LogP contribution in [0.1, 0.15) is 5.56 Å². The number of thioether (sulfide) groups is 1. The van der Waals surface area contributed by atoms with Gasteiger partial charge in [0, 0.05) is 17.8 Å². The molecule has 104 valence electrons. The number of halogens is 1. The van der Waals surface area contributed by atoms with Crippen molar-refractivity contribution in [1.82, 2.24) is 0 Å². The number of hydrogen-bond acceptors (Lipinski definition) is 4. The summed E-state index contributed by atoms with van der Waals surface area (Å²) in [4.78, 5) is 11.5. The lowest BCUT2D eigenvalue weighted by Gasteiger charge is -2.08. The number of anilines is 1. The van der Waals surface area contributed by atoms with E-state index in [1.54, 1.807) is 25.2 Å². The summed E-state index contributed by atoms with van der Waals surface area (Å²) in [5.41, 5.74) is 1.58. The molecule has 0 saturated carbocycles. The van der Waals surface area contributed by atoms with Crippen LogP contribution < -0.4 is 5.32 Å². The first kappa shape index (κ1) is 14.7. The number of nitro groups is 1. The Morgan fingerprint density at radius 2 is 2.00 bits per heavy atom. The zero-order valence-electron chi connectivity index (χ0n) is 10.8. The zero-order chi connectivity index (χ0) is 14.5. The van der Waals surface area contributed by atoms with E-state index < -0.39 is 0 Å². The molecule has 0 amide bonds. The van der Waals surface area contributed by atoms with E-state index in [0.717, 1.165) is 5.56 Å². The fraction of sp³-hybridized carbons (Fsp3) is 0.143. The Kier molecular flexibility index (Phi) is 4.87. The number of rotatable bonds is 5. The molecule has 0 bridgehead atoms. The van der Waals surface area contributed by atoms with Crippen LogP contribution in [0.15, 0.2) is 47.4 Å². The molecule has 0 aliphatic rings. The second kappa shape index (κ2) is 6.63. The molecular weight excluding hydrogens is 296 g/mol. The molecule has 20 heavy (non-hydrogen) atoms. The molecule has 0 saturated heterocycles. The molecule has 0 aromatic heterocycles. The maximum absolute atomic E-state index is 11.2. The van der Waals surface area contributed by atoms with E-state index >= 15 is 0 Å². The van der Waals surface area contributed by atoms with Crippen molar-refractivity contribution in [3.63, 3.8) is 0 Å². The van der Waals surface area contributed by atoms with Gasteiger partial charge < -0.3 is 5.32 Å². The summed E-state index contributed by atoms with van der Waals surface area (Å²) < 4.78 is 0. The first-order valence-corrected chi connectivity index (χ1v) is 7.31. The van der Waals surface area contributed by atoms with Crippen LogP contribution in [0.5, 0.6) is 0 Å². The smallest absolute Gasteiger partial charge is 0.305 e. The van der Waals surface area contributed by atoms with Gasteiger partial charge in [0.25, 0.3) is 0 Å². The molecule has 0 unspecified atom stereocenters. The van der Waals surface area contributed by atoms with Crippen LogP contribution in [-0.4, -0.2) is 12.0 Å². The standard InChI is InChI=1S/C14H13ClN2O2S/c1-16-12-7-4-8-13(14(12)17(18)19)20-9-10-5-2-3-6-11(10)15/h2-8,16H,9H2,1H3. The summed E-state index contributed by atoms with van der Waals surface area (Å²) in [7, 11) is 1.67. The summed E-state index contributed by atoms with van der Waals surface area (Å²) in [6.07, 6.45) is 0. The van der Waals surface area contributed by atoms with Gasteiger partial charge in [-0.25, -0.2) is 0 Å². The molecule has 4 nitrogen and oxygen atoms in total. The molecule has 0 atom stereocenters. The van der Waals surface area contributed by atoms with Gasteiger partial charge in [0.2, 0.25) is 0 Å². The predicted octanol–water partition coefficient (Wildman–Crippen LogP) is 4.58. The van der Waals surface area contributed by atoms with Crippen LogP contribution in [0.4, 0.5) is 11.4 Å². The van der Waals surface area contributed by atoms with E-state index in [0.29, 0.717) is 21.4 Å². The lowest BCUT2D eigenvalue weighted by atomic mass is 10.2. The van der Waals surface area contributed by atoms with Crippen LogP contribution in [0.3, 0.4) is 0 Å². The molecule has 0 radical (unpaired) electrons. The third-order valence-corrected chi connectivity index (χ3v) is 4.26. The topological polar surface area (TPSA) is 55.2 Å². The second-order valence-corrected chi connectivity index (χ2v) is 5.46. The van der Waals surface area contributed by atoms with Gasteiger partial charge >= 0.3 is 5.69 Å². The summed E-state index contributed by atoms with van der Waals surface area (Å²) in [6, 6.07) is 12.7. The van der Waals surface area contributed by atoms with Crippen LogP contribution in [0, 0.1) is 10.1 Å². The van der Waals surface area contributed by atoms with Crippen molar-refractivity contribution < 1.29 is 4.92 Å². The van der Waals surface area contributed by atoms with Gasteiger partial charge in [0.05, 0.1) is 9.82 Å². The fourth-order valence-electron chi connectivity index (χ4n) is 1.80. The highest BCUT2D eigenvalue weighted by molar-refractivity contribution is 7.98. The van der Waals surface area contributed by atoms with Crippen molar-refractivity contribution in [2.24, 2.45) is 0 Å². The molecule has 0 fully saturated rings. The first-order valence-electron chi connectivity index (χ1n) is 5.95. The predicted molar refractivity (Wildman–Crippen MR) is 83.7 cm³/mol.